The third kappa shape index (κ3) is 3.60. The third-order valence-corrected chi connectivity index (χ3v) is 2.20. The Morgan fingerprint density at radius 2 is 2.24 bits per heavy atom. The number of rotatable bonds is 5. The highest BCUT2D eigenvalue weighted by Crippen LogP contribution is 2.21. The Labute approximate surface area is 99.8 Å². The van der Waals surface area contributed by atoms with Crippen molar-refractivity contribution in [1.29, 1.82) is 0 Å². The van der Waals surface area contributed by atoms with Crippen molar-refractivity contribution in [1.82, 2.24) is 0 Å². The van der Waals surface area contributed by atoms with Gasteiger partial charge in [0.1, 0.15) is 24.2 Å². The van der Waals surface area contributed by atoms with Gasteiger partial charge in [0.15, 0.2) is 0 Å². The third-order valence-electron chi connectivity index (χ3n) is 2.20. The molecule has 1 unspecified atom stereocenters. The lowest BCUT2D eigenvalue weighted by Gasteiger charge is -2.07. The normalized spacial score (nSPS) is 17.4. The largest absolute Gasteiger partial charge is 0.491 e. The summed E-state index contributed by atoms with van der Waals surface area (Å²) >= 11 is 0. The summed E-state index contributed by atoms with van der Waals surface area (Å²) in [7, 11) is 0. The maximum Gasteiger partial charge on any atom is 0.338 e. The molecule has 1 aromatic rings. The molecular formula is C13H14O4. The van der Waals surface area contributed by atoms with E-state index in [4.69, 9.17) is 14.2 Å². The Bertz CT molecular complexity index is 435. The second-order valence-corrected chi connectivity index (χ2v) is 3.91. The van der Waals surface area contributed by atoms with Crippen molar-refractivity contribution in [2.45, 2.75) is 13.0 Å². The van der Waals surface area contributed by atoms with Gasteiger partial charge < -0.3 is 14.2 Å². The number of carbonyl (C=O) groups excluding carboxylic acids is 1. The van der Waals surface area contributed by atoms with Gasteiger partial charge >= 0.3 is 5.97 Å². The van der Waals surface area contributed by atoms with E-state index < -0.39 is 5.97 Å². The van der Waals surface area contributed by atoms with Gasteiger partial charge in [-0.05, 0) is 19.1 Å². The van der Waals surface area contributed by atoms with Gasteiger partial charge in [0, 0.05) is 11.6 Å². The Kier molecular flexibility index (Phi) is 3.44. The van der Waals surface area contributed by atoms with E-state index in [1.807, 2.05) is 0 Å². The van der Waals surface area contributed by atoms with Gasteiger partial charge in [0.05, 0.1) is 6.61 Å². The fourth-order valence-electron chi connectivity index (χ4n) is 1.18. The van der Waals surface area contributed by atoms with Crippen molar-refractivity contribution >= 4 is 5.97 Å². The standard InChI is InChI=1S/C13H14O4/c1-9(2)13(14)17-11-5-3-4-10(6-11)15-7-12-8-16-12/h3-6,12H,1,7-8H2,2H3. The first-order chi connectivity index (χ1) is 8.15. The number of ether oxygens (including phenoxy) is 3. The molecule has 0 amide bonds. The molecule has 2 rings (SSSR count). The van der Waals surface area contributed by atoms with Crippen molar-refractivity contribution < 1.29 is 19.0 Å². The van der Waals surface area contributed by atoms with Crippen LogP contribution in [0.3, 0.4) is 0 Å². The van der Waals surface area contributed by atoms with Crippen molar-refractivity contribution in [3.63, 3.8) is 0 Å². The summed E-state index contributed by atoms with van der Waals surface area (Å²) in [6.07, 6.45) is 0.205. The minimum absolute atomic E-state index is 0.205. The highest BCUT2D eigenvalue weighted by atomic mass is 16.6. The zero-order valence-corrected chi connectivity index (χ0v) is 9.64. The van der Waals surface area contributed by atoms with Crippen LogP contribution in [0.1, 0.15) is 6.92 Å². The van der Waals surface area contributed by atoms with E-state index in [1.165, 1.54) is 0 Å². The minimum Gasteiger partial charge on any atom is -0.491 e. The molecule has 0 radical (unpaired) electrons. The van der Waals surface area contributed by atoms with Crippen LogP contribution >= 0.6 is 0 Å². The smallest absolute Gasteiger partial charge is 0.338 e. The highest BCUT2D eigenvalue weighted by molar-refractivity contribution is 5.88. The number of carbonyl (C=O) groups is 1. The first-order valence-corrected chi connectivity index (χ1v) is 5.37. The average Bonchev–Trinajstić information content (AvgIpc) is 3.10. The van der Waals surface area contributed by atoms with E-state index in [0.29, 0.717) is 23.7 Å². The molecule has 1 aliphatic rings. The van der Waals surface area contributed by atoms with Crippen LogP contribution < -0.4 is 9.47 Å². The molecule has 1 heterocycles. The molecule has 90 valence electrons. The van der Waals surface area contributed by atoms with Crippen LogP contribution in [0.15, 0.2) is 36.4 Å². The SMILES string of the molecule is C=C(C)C(=O)Oc1cccc(OCC2CO2)c1. The van der Waals surface area contributed by atoms with Crippen molar-refractivity contribution in [2.24, 2.45) is 0 Å². The highest BCUT2D eigenvalue weighted by Gasteiger charge is 2.23. The van der Waals surface area contributed by atoms with Crippen LogP contribution in [0.4, 0.5) is 0 Å². The molecule has 17 heavy (non-hydrogen) atoms. The molecule has 0 saturated carbocycles. The zero-order valence-electron chi connectivity index (χ0n) is 9.64. The fourth-order valence-corrected chi connectivity index (χ4v) is 1.18. The number of hydrogen-bond acceptors (Lipinski definition) is 4. The Balaban J connectivity index is 1.94. The number of hydrogen-bond donors (Lipinski definition) is 0. The lowest BCUT2D eigenvalue weighted by atomic mass is 10.3. The monoisotopic (exact) mass is 234 g/mol. The van der Waals surface area contributed by atoms with E-state index in [0.717, 1.165) is 6.61 Å². The van der Waals surface area contributed by atoms with Gasteiger partial charge in [-0.1, -0.05) is 12.6 Å². The summed E-state index contributed by atoms with van der Waals surface area (Å²) in [4.78, 5) is 11.3. The molecule has 1 aromatic carbocycles. The van der Waals surface area contributed by atoms with Gasteiger partial charge in [0.2, 0.25) is 0 Å². The summed E-state index contributed by atoms with van der Waals surface area (Å²) in [5.74, 6) is 0.674. The molecule has 1 fully saturated rings. The summed E-state index contributed by atoms with van der Waals surface area (Å²) < 4.78 is 15.6. The molecule has 0 N–H and O–H groups in total. The van der Waals surface area contributed by atoms with Gasteiger partial charge in [-0.25, -0.2) is 4.79 Å². The van der Waals surface area contributed by atoms with E-state index in [2.05, 4.69) is 6.58 Å². The van der Waals surface area contributed by atoms with Crippen LogP contribution in [0.2, 0.25) is 0 Å². The Morgan fingerprint density at radius 3 is 2.88 bits per heavy atom. The zero-order chi connectivity index (χ0) is 12.3. The van der Waals surface area contributed by atoms with E-state index >= 15 is 0 Å². The molecule has 4 nitrogen and oxygen atoms in total. The summed E-state index contributed by atoms with van der Waals surface area (Å²) in [6.45, 7) is 6.40. The van der Waals surface area contributed by atoms with Gasteiger partial charge in [-0.15, -0.1) is 0 Å². The quantitative estimate of drug-likeness (QED) is 0.338. The molecule has 1 saturated heterocycles. The maximum atomic E-state index is 11.3. The van der Waals surface area contributed by atoms with Crippen molar-refractivity contribution in [3.05, 3.63) is 36.4 Å². The molecule has 0 aromatic heterocycles. The van der Waals surface area contributed by atoms with Crippen LogP contribution in [0.5, 0.6) is 11.5 Å². The van der Waals surface area contributed by atoms with Crippen LogP contribution in [0.25, 0.3) is 0 Å². The number of epoxide rings is 1. The summed E-state index contributed by atoms with van der Waals surface area (Å²) in [5.41, 5.74) is 0.364. The average molecular weight is 234 g/mol. The summed E-state index contributed by atoms with van der Waals surface area (Å²) in [6, 6.07) is 6.94. The molecular weight excluding hydrogens is 220 g/mol. The minimum atomic E-state index is -0.437. The molecule has 1 atom stereocenters. The Morgan fingerprint density at radius 1 is 1.53 bits per heavy atom. The van der Waals surface area contributed by atoms with Crippen LogP contribution in [-0.4, -0.2) is 25.3 Å². The number of esters is 1. The van der Waals surface area contributed by atoms with Crippen LogP contribution in [0, 0.1) is 0 Å². The molecule has 1 aliphatic heterocycles. The van der Waals surface area contributed by atoms with Crippen molar-refractivity contribution in [2.75, 3.05) is 13.2 Å². The Hall–Kier alpha value is -1.81. The first-order valence-electron chi connectivity index (χ1n) is 5.37. The molecule has 0 bridgehead atoms. The van der Waals surface area contributed by atoms with Crippen molar-refractivity contribution in [3.8, 4) is 11.5 Å². The lowest BCUT2D eigenvalue weighted by Crippen LogP contribution is -2.08. The van der Waals surface area contributed by atoms with Crippen LogP contribution in [-0.2, 0) is 9.53 Å². The molecule has 4 heteroatoms. The fraction of sp³-hybridized carbons (Fsp3) is 0.308. The first kappa shape index (κ1) is 11.7. The lowest BCUT2D eigenvalue weighted by molar-refractivity contribution is -0.130. The predicted molar refractivity (Wildman–Crippen MR) is 62.1 cm³/mol. The van der Waals surface area contributed by atoms with E-state index in [9.17, 15) is 4.79 Å². The topological polar surface area (TPSA) is 48.1 Å². The van der Waals surface area contributed by atoms with Gasteiger partial charge in [-0.2, -0.15) is 0 Å². The van der Waals surface area contributed by atoms with E-state index in [-0.39, 0.29) is 6.10 Å². The van der Waals surface area contributed by atoms with E-state index in [1.54, 1.807) is 31.2 Å². The summed E-state index contributed by atoms with van der Waals surface area (Å²) in [5, 5.41) is 0. The van der Waals surface area contributed by atoms with Gasteiger partial charge in [0.25, 0.3) is 0 Å². The number of benzene rings is 1. The predicted octanol–water partition coefficient (Wildman–Crippen LogP) is 1.95. The maximum absolute atomic E-state index is 11.3. The second kappa shape index (κ2) is 5.01. The second-order valence-electron chi connectivity index (χ2n) is 3.91. The molecule has 0 aliphatic carbocycles. The molecule has 0 spiro atoms. The van der Waals surface area contributed by atoms with Gasteiger partial charge in [-0.3, -0.25) is 0 Å².